The Hall–Kier alpha value is -1.34. The molecular formula is C11H20N4O2S. The average Bonchev–Trinajstić information content (AvgIpc) is 2.70. The van der Waals surface area contributed by atoms with Gasteiger partial charge in [0.1, 0.15) is 10.7 Å². The maximum absolute atomic E-state index is 12.0. The van der Waals surface area contributed by atoms with Crippen LogP contribution < -0.4 is 16.4 Å². The van der Waals surface area contributed by atoms with Crippen LogP contribution in [-0.4, -0.2) is 37.2 Å². The summed E-state index contributed by atoms with van der Waals surface area (Å²) in [6, 6.07) is -0.00779. The monoisotopic (exact) mass is 272 g/mol. The van der Waals surface area contributed by atoms with Crippen molar-refractivity contribution in [3.05, 3.63) is 4.88 Å². The van der Waals surface area contributed by atoms with Gasteiger partial charge in [0, 0.05) is 13.7 Å². The lowest BCUT2D eigenvalue weighted by Crippen LogP contribution is -2.37. The number of methoxy groups -OCH3 is 1. The Morgan fingerprint density at radius 3 is 2.83 bits per heavy atom. The Balaban J connectivity index is 2.70. The minimum atomic E-state index is -0.196. The van der Waals surface area contributed by atoms with Crippen molar-refractivity contribution in [3.8, 4) is 0 Å². The normalized spacial score (nSPS) is 12.2. The Morgan fingerprint density at radius 1 is 1.56 bits per heavy atom. The summed E-state index contributed by atoms with van der Waals surface area (Å²) in [5, 5.41) is 6.58. The van der Waals surface area contributed by atoms with Crippen LogP contribution >= 0.6 is 11.3 Å². The number of thiazole rings is 1. The van der Waals surface area contributed by atoms with Gasteiger partial charge >= 0.3 is 0 Å². The molecule has 0 aliphatic rings. The van der Waals surface area contributed by atoms with Crippen LogP contribution in [0.4, 0.5) is 10.9 Å². The van der Waals surface area contributed by atoms with Crippen LogP contribution in [0.2, 0.25) is 0 Å². The molecule has 4 N–H and O–H groups in total. The number of nitrogen functional groups attached to an aromatic ring is 1. The number of rotatable bonds is 7. The molecule has 1 aromatic rings. The highest BCUT2D eigenvalue weighted by Gasteiger charge is 2.18. The third-order valence-corrected chi connectivity index (χ3v) is 3.41. The van der Waals surface area contributed by atoms with Crippen molar-refractivity contribution >= 4 is 28.2 Å². The van der Waals surface area contributed by atoms with Gasteiger partial charge in [0.05, 0.1) is 12.6 Å². The molecule has 0 saturated carbocycles. The number of nitrogens with two attached hydrogens (primary N) is 1. The first-order valence-corrected chi connectivity index (χ1v) is 6.73. The molecule has 102 valence electrons. The first-order valence-electron chi connectivity index (χ1n) is 5.92. The van der Waals surface area contributed by atoms with E-state index in [4.69, 9.17) is 10.5 Å². The zero-order valence-corrected chi connectivity index (χ0v) is 11.8. The second kappa shape index (κ2) is 7.17. The van der Waals surface area contributed by atoms with E-state index in [2.05, 4.69) is 15.6 Å². The van der Waals surface area contributed by atoms with Crippen molar-refractivity contribution in [3.63, 3.8) is 0 Å². The molecule has 0 spiro atoms. The maximum Gasteiger partial charge on any atom is 0.265 e. The number of hydrogen-bond acceptors (Lipinski definition) is 6. The molecule has 0 aliphatic heterocycles. The maximum atomic E-state index is 12.0. The lowest BCUT2D eigenvalue weighted by Gasteiger charge is -2.15. The highest BCUT2D eigenvalue weighted by molar-refractivity contribution is 7.18. The molecule has 0 bridgehead atoms. The molecule has 1 aromatic heterocycles. The highest BCUT2D eigenvalue weighted by atomic mass is 32.1. The van der Waals surface area contributed by atoms with Crippen LogP contribution in [0.5, 0.6) is 0 Å². The van der Waals surface area contributed by atoms with Gasteiger partial charge in [-0.1, -0.05) is 18.3 Å². The van der Waals surface area contributed by atoms with Crippen molar-refractivity contribution in [1.29, 1.82) is 0 Å². The third-order valence-electron chi connectivity index (χ3n) is 2.38. The minimum absolute atomic E-state index is 0.00779. The van der Waals surface area contributed by atoms with Crippen LogP contribution in [0, 0.1) is 0 Å². The molecule has 18 heavy (non-hydrogen) atoms. The number of carbonyl (C=O) groups excluding carboxylic acids is 1. The van der Waals surface area contributed by atoms with Crippen molar-refractivity contribution < 1.29 is 9.53 Å². The SMILES string of the molecule is CCNc1nc(N)c(C(=O)NC(CC)COC)s1. The number of anilines is 2. The summed E-state index contributed by atoms with van der Waals surface area (Å²) in [5.41, 5.74) is 5.73. The second-order valence-electron chi connectivity index (χ2n) is 3.80. The Bertz CT molecular complexity index is 394. The van der Waals surface area contributed by atoms with E-state index in [0.717, 1.165) is 13.0 Å². The van der Waals surface area contributed by atoms with E-state index in [-0.39, 0.29) is 17.8 Å². The Morgan fingerprint density at radius 2 is 2.28 bits per heavy atom. The summed E-state index contributed by atoms with van der Waals surface area (Å²) in [7, 11) is 1.61. The van der Waals surface area contributed by atoms with Gasteiger partial charge in [0.15, 0.2) is 5.13 Å². The van der Waals surface area contributed by atoms with Crippen molar-refractivity contribution in [1.82, 2.24) is 10.3 Å². The van der Waals surface area contributed by atoms with Crippen LogP contribution in [0.15, 0.2) is 0 Å². The first kappa shape index (κ1) is 14.7. The molecule has 1 unspecified atom stereocenters. The van der Waals surface area contributed by atoms with E-state index in [1.54, 1.807) is 7.11 Å². The molecule has 1 rings (SSSR count). The smallest absolute Gasteiger partial charge is 0.265 e. The predicted octanol–water partition coefficient (Wildman–Crippen LogP) is 1.31. The lowest BCUT2D eigenvalue weighted by molar-refractivity contribution is 0.0899. The Labute approximate surface area is 111 Å². The average molecular weight is 272 g/mol. The van der Waals surface area contributed by atoms with Crippen LogP contribution in [-0.2, 0) is 4.74 Å². The number of nitrogens with one attached hydrogen (secondary N) is 2. The van der Waals surface area contributed by atoms with E-state index in [9.17, 15) is 4.79 Å². The summed E-state index contributed by atoms with van der Waals surface area (Å²) in [6.45, 7) is 5.18. The minimum Gasteiger partial charge on any atom is -0.383 e. The molecule has 1 atom stereocenters. The number of ether oxygens (including phenoxy) is 1. The number of amides is 1. The predicted molar refractivity (Wildman–Crippen MR) is 74.1 cm³/mol. The third kappa shape index (κ3) is 3.85. The van der Waals surface area contributed by atoms with Gasteiger partial charge in [-0.25, -0.2) is 4.98 Å². The molecule has 0 radical (unpaired) electrons. The largest absolute Gasteiger partial charge is 0.383 e. The first-order chi connectivity index (χ1) is 8.62. The molecule has 1 amide bonds. The van der Waals surface area contributed by atoms with E-state index in [1.165, 1.54) is 11.3 Å². The highest BCUT2D eigenvalue weighted by Crippen LogP contribution is 2.24. The zero-order valence-electron chi connectivity index (χ0n) is 10.9. The fourth-order valence-electron chi connectivity index (χ4n) is 1.44. The summed E-state index contributed by atoms with van der Waals surface area (Å²) < 4.78 is 5.04. The zero-order chi connectivity index (χ0) is 13.5. The molecular weight excluding hydrogens is 252 g/mol. The summed E-state index contributed by atoms with van der Waals surface area (Å²) in [4.78, 5) is 16.6. The fourth-order valence-corrected chi connectivity index (χ4v) is 2.29. The van der Waals surface area contributed by atoms with Crippen molar-refractivity contribution in [2.45, 2.75) is 26.3 Å². The number of hydrogen-bond donors (Lipinski definition) is 3. The number of nitrogens with zero attached hydrogens (tertiary/aromatic N) is 1. The summed E-state index contributed by atoms with van der Waals surface area (Å²) in [5.74, 6) is 0.0683. The van der Waals surface area contributed by atoms with E-state index < -0.39 is 0 Å². The van der Waals surface area contributed by atoms with Gasteiger partial charge in [0.2, 0.25) is 0 Å². The number of aromatic nitrogens is 1. The van der Waals surface area contributed by atoms with E-state index in [0.29, 0.717) is 16.6 Å². The fraction of sp³-hybridized carbons (Fsp3) is 0.636. The molecule has 1 heterocycles. The van der Waals surface area contributed by atoms with Crippen molar-refractivity contribution in [2.24, 2.45) is 0 Å². The van der Waals surface area contributed by atoms with Gasteiger partial charge in [-0.3, -0.25) is 4.79 Å². The molecule has 6 nitrogen and oxygen atoms in total. The topological polar surface area (TPSA) is 89.3 Å². The standard InChI is InChI=1S/C11H20N4O2S/c1-4-7(6-17-3)14-10(16)8-9(12)15-11(18-8)13-5-2/h7H,4-6,12H2,1-3H3,(H,13,15)(H,14,16). The lowest BCUT2D eigenvalue weighted by atomic mass is 10.2. The van der Waals surface area contributed by atoms with E-state index in [1.807, 2.05) is 13.8 Å². The van der Waals surface area contributed by atoms with Gasteiger partial charge in [-0.15, -0.1) is 0 Å². The quantitative estimate of drug-likeness (QED) is 0.696. The van der Waals surface area contributed by atoms with Gasteiger partial charge in [-0.05, 0) is 13.3 Å². The van der Waals surface area contributed by atoms with E-state index >= 15 is 0 Å². The Kier molecular flexibility index (Phi) is 5.87. The second-order valence-corrected chi connectivity index (χ2v) is 4.80. The summed E-state index contributed by atoms with van der Waals surface area (Å²) >= 11 is 1.26. The summed E-state index contributed by atoms with van der Waals surface area (Å²) in [6.07, 6.45) is 0.804. The van der Waals surface area contributed by atoms with Crippen molar-refractivity contribution in [2.75, 3.05) is 31.3 Å². The molecule has 0 aromatic carbocycles. The molecule has 0 saturated heterocycles. The van der Waals surface area contributed by atoms with Crippen LogP contribution in [0.3, 0.4) is 0 Å². The molecule has 0 fully saturated rings. The molecule has 0 aliphatic carbocycles. The van der Waals surface area contributed by atoms with Gasteiger partial charge in [-0.2, -0.15) is 0 Å². The van der Waals surface area contributed by atoms with Gasteiger partial charge < -0.3 is 21.1 Å². The van der Waals surface area contributed by atoms with Crippen LogP contribution in [0.25, 0.3) is 0 Å². The van der Waals surface area contributed by atoms with Crippen LogP contribution in [0.1, 0.15) is 29.9 Å². The van der Waals surface area contributed by atoms with Gasteiger partial charge in [0.25, 0.3) is 5.91 Å². The molecule has 7 heteroatoms. The number of carbonyl (C=O) groups is 1.